The molecule has 8 heteroatoms. The van der Waals surface area contributed by atoms with Crippen LogP contribution in [-0.4, -0.2) is 25.2 Å². The van der Waals surface area contributed by atoms with Crippen LogP contribution < -0.4 is 16.6 Å². The molecule has 144 valence electrons. The maximum absolute atomic E-state index is 12.7. The van der Waals surface area contributed by atoms with Crippen LogP contribution in [0.3, 0.4) is 0 Å². The first-order chi connectivity index (χ1) is 13.5. The molecule has 0 saturated carbocycles. The molecule has 1 N–H and O–H groups in total. The molecule has 0 saturated heterocycles. The van der Waals surface area contributed by atoms with Gasteiger partial charge in [-0.25, -0.2) is 4.79 Å². The number of carbonyl (C=O) groups excluding carboxylic acids is 1. The van der Waals surface area contributed by atoms with Crippen LogP contribution in [-0.2, 0) is 13.1 Å². The molecule has 2 heterocycles. The largest absolute Gasteiger partial charge is 0.352 e. The molecule has 1 amide bonds. The molecule has 28 heavy (non-hydrogen) atoms. The Bertz CT molecular complexity index is 1090. The van der Waals surface area contributed by atoms with E-state index in [4.69, 9.17) is 0 Å². The molecule has 2 aromatic heterocycles. The van der Waals surface area contributed by atoms with Crippen molar-refractivity contribution in [2.45, 2.75) is 33.4 Å². The fourth-order valence-electron chi connectivity index (χ4n) is 2.70. The van der Waals surface area contributed by atoms with Gasteiger partial charge in [0, 0.05) is 25.5 Å². The summed E-state index contributed by atoms with van der Waals surface area (Å²) in [5.74, 6) is -0.639. The molecule has 0 spiro atoms. The summed E-state index contributed by atoms with van der Waals surface area (Å²) >= 11 is 0. The zero-order valence-corrected chi connectivity index (χ0v) is 15.8. The fourth-order valence-corrected chi connectivity index (χ4v) is 2.70. The molecule has 0 radical (unpaired) electrons. The Morgan fingerprint density at radius 3 is 2.54 bits per heavy atom. The maximum Gasteiger partial charge on any atom is 0.352 e. The van der Waals surface area contributed by atoms with Crippen LogP contribution in [0.5, 0.6) is 0 Å². The summed E-state index contributed by atoms with van der Waals surface area (Å²) in [5.41, 5.74) is 0.711. The summed E-state index contributed by atoms with van der Waals surface area (Å²) < 4.78 is 2.14. The van der Waals surface area contributed by atoms with Crippen molar-refractivity contribution in [3.05, 3.63) is 86.5 Å². The fraction of sp³-hybridized carbons (Fsp3) is 0.250. The molecular weight excluding hydrogens is 358 g/mol. The van der Waals surface area contributed by atoms with E-state index in [0.29, 0.717) is 12.1 Å². The normalized spacial score (nSPS) is 10.6. The van der Waals surface area contributed by atoms with Crippen LogP contribution in [0.1, 0.15) is 35.0 Å². The van der Waals surface area contributed by atoms with Gasteiger partial charge in [-0.1, -0.05) is 30.7 Å². The number of pyridine rings is 1. The van der Waals surface area contributed by atoms with Crippen LogP contribution in [0, 0.1) is 6.92 Å². The predicted octanol–water partition coefficient (Wildman–Crippen LogP) is 1.44. The molecule has 0 bridgehead atoms. The van der Waals surface area contributed by atoms with Gasteiger partial charge in [0.2, 0.25) is 5.69 Å². The third-order valence-corrected chi connectivity index (χ3v) is 4.18. The van der Waals surface area contributed by atoms with Gasteiger partial charge in [0.1, 0.15) is 0 Å². The topological polar surface area (TPSA) is 98.9 Å². The Labute approximate surface area is 161 Å². The van der Waals surface area contributed by atoms with Gasteiger partial charge in [0.05, 0.1) is 5.69 Å². The molecule has 3 rings (SSSR count). The molecule has 0 fully saturated rings. The summed E-state index contributed by atoms with van der Waals surface area (Å²) in [6, 6.07) is 10.7. The number of benzene rings is 1. The van der Waals surface area contributed by atoms with Crippen LogP contribution in [0.4, 0.5) is 0 Å². The zero-order valence-electron chi connectivity index (χ0n) is 15.8. The van der Waals surface area contributed by atoms with E-state index in [1.807, 2.05) is 32.0 Å². The standard InChI is InChI=1S/C20H21N5O3/c1-3-11-24-19(27)17(18(26)22-13-15-5-4-10-21-12-15)23-25(20(24)28)16-8-6-14(2)7-9-16/h4-10,12H,3,11,13H2,1-2H3,(H,22,26). The van der Waals surface area contributed by atoms with Crippen LogP contribution in [0.2, 0.25) is 0 Å². The van der Waals surface area contributed by atoms with Gasteiger partial charge in [-0.05, 0) is 37.1 Å². The number of hydrogen-bond donors (Lipinski definition) is 1. The van der Waals surface area contributed by atoms with Gasteiger partial charge in [-0.3, -0.25) is 19.1 Å². The van der Waals surface area contributed by atoms with Gasteiger partial charge in [0.15, 0.2) is 0 Å². The number of nitrogens with zero attached hydrogens (tertiary/aromatic N) is 4. The molecule has 0 aliphatic heterocycles. The lowest BCUT2D eigenvalue weighted by Gasteiger charge is -2.12. The van der Waals surface area contributed by atoms with Crippen molar-refractivity contribution in [3.63, 3.8) is 0 Å². The Morgan fingerprint density at radius 2 is 1.89 bits per heavy atom. The van der Waals surface area contributed by atoms with E-state index in [9.17, 15) is 14.4 Å². The number of aromatic nitrogens is 4. The molecule has 0 unspecified atom stereocenters. The van der Waals surface area contributed by atoms with E-state index < -0.39 is 17.2 Å². The Kier molecular flexibility index (Phi) is 5.78. The first-order valence-corrected chi connectivity index (χ1v) is 8.99. The predicted molar refractivity (Wildman–Crippen MR) is 105 cm³/mol. The van der Waals surface area contributed by atoms with Gasteiger partial charge < -0.3 is 5.32 Å². The average molecular weight is 379 g/mol. The van der Waals surface area contributed by atoms with Gasteiger partial charge in [-0.2, -0.15) is 9.78 Å². The molecule has 0 aliphatic carbocycles. The van der Waals surface area contributed by atoms with Crippen molar-refractivity contribution >= 4 is 5.91 Å². The minimum absolute atomic E-state index is 0.200. The summed E-state index contributed by atoms with van der Waals surface area (Å²) in [6.45, 7) is 4.18. The Balaban J connectivity index is 2.02. The number of rotatable bonds is 6. The van der Waals surface area contributed by atoms with Crippen LogP contribution >= 0.6 is 0 Å². The summed E-state index contributed by atoms with van der Waals surface area (Å²) in [4.78, 5) is 42.0. The highest BCUT2D eigenvalue weighted by atomic mass is 16.2. The van der Waals surface area contributed by atoms with Crippen molar-refractivity contribution in [1.82, 2.24) is 24.6 Å². The summed E-state index contributed by atoms with van der Waals surface area (Å²) in [7, 11) is 0. The highest BCUT2D eigenvalue weighted by Gasteiger charge is 2.19. The van der Waals surface area contributed by atoms with Gasteiger partial charge in [-0.15, -0.1) is 0 Å². The molecule has 8 nitrogen and oxygen atoms in total. The Morgan fingerprint density at radius 1 is 1.14 bits per heavy atom. The van der Waals surface area contributed by atoms with E-state index in [-0.39, 0.29) is 18.8 Å². The maximum atomic E-state index is 12.7. The summed E-state index contributed by atoms with van der Waals surface area (Å²) in [6.07, 6.45) is 3.83. The van der Waals surface area contributed by atoms with Gasteiger partial charge >= 0.3 is 5.69 Å². The monoisotopic (exact) mass is 379 g/mol. The zero-order chi connectivity index (χ0) is 20.1. The SMILES string of the molecule is CCCn1c(=O)c(C(=O)NCc2cccnc2)nn(-c2ccc(C)cc2)c1=O. The third kappa shape index (κ3) is 4.06. The van der Waals surface area contributed by atoms with Crippen LogP contribution in [0.15, 0.2) is 58.4 Å². The van der Waals surface area contributed by atoms with Crippen molar-refractivity contribution in [2.75, 3.05) is 0 Å². The second-order valence-electron chi connectivity index (χ2n) is 6.38. The average Bonchev–Trinajstić information content (AvgIpc) is 2.71. The highest BCUT2D eigenvalue weighted by Crippen LogP contribution is 2.06. The third-order valence-electron chi connectivity index (χ3n) is 4.18. The Hall–Kier alpha value is -3.55. The molecular formula is C20H21N5O3. The summed E-state index contributed by atoms with van der Waals surface area (Å²) in [5, 5.41) is 6.73. The first kappa shape index (κ1) is 19.2. The van der Waals surface area contributed by atoms with Crippen LogP contribution in [0.25, 0.3) is 5.69 Å². The molecule has 0 atom stereocenters. The van der Waals surface area contributed by atoms with E-state index in [1.54, 1.807) is 30.6 Å². The van der Waals surface area contributed by atoms with Crippen molar-refractivity contribution in [1.29, 1.82) is 0 Å². The number of amides is 1. The highest BCUT2D eigenvalue weighted by molar-refractivity contribution is 5.91. The second kappa shape index (κ2) is 8.43. The van der Waals surface area contributed by atoms with E-state index in [0.717, 1.165) is 20.4 Å². The number of aryl methyl sites for hydroxylation is 1. The molecule has 0 aliphatic rings. The van der Waals surface area contributed by atoms with E-state index in [2.05, 4.69) is 15.4 Å². The lowest BCUT2D eigenvalue weighted by molar-refractivity contribution is 0.0941. The van der Waals surface area contributed by atoms with Crippen molar-refractivity contribution in [3.8, 4) is 5.69 Å². The minimum Gasteiger partial charge on any atom is -0.346 e. The smallest absolute Gasteiger partial charge is 0.346 e. The van der Waals surface area contributed by atoms with Crippen molar-refractivity contribution < 1.29 is 4.79 Å². The number of carbonyl (C=O) groups is 1. The lowest BCUT2D eigenvalue weighted by atomic mass is 10.2. The second-order valence-corrected chi connectivity index (χ2v) is 6.38. The lowest BCUT2D eigenvalue weighted by Crippen LogP contribution is -2.45. The minimum atomic E-state index is -0.695. The quantitative estimate of drug-likeness (QED) is 0.699. The van der Waals surface area contributed by atoms with Crippen molar-refractivity contribution in [2.24, 2.45) is 0 Å². The van der Waals surface area contributed by atoms with Gasteiger partial charge in [0.25, 0.3) is 11.5 Å². The number of nitrogens with one attached hydrogen (secondary N) is 1. The molecule has 1 aromatic carbocycles. The number of hydrogen-bond acceptors (Lipinski definition) is 5. The van der Waals surface area contributed by atoms with E-state index in [1.165, 1.54) is 0 Å². The molecule has 3 aromatic rings. The van der Waals surface area contributed by atoms with E-state index >= 15 is 0 Å². The first-order valence-electron chi connectivity index (χ1n) is 8.99.